The average Bonchev–Trinajstić information content (AvgIpc) is 3.31. The summed E-state index contributed by atoms with van der Waals surface area (Å²) in [6, 6.07) is 10.5. The average molecular weight is 404 g/mol. The van der Waals surface area contributed by atoms with E-state index in [-0.39, 0.29) is 23.6 Å². The summed E-state index contributed by atoms with van der Waals surface area (Å²) in [5.41, 5.74) is 0.846. The van der Waals surface area contributed by atoms with Crippen molar-refractivity contribution >= 4 is 21.8 Å². The zero-order valence-corrected chi connectivity index (χ0v) is 15.5. The lowest BCUT2D eigenvalue weighted by Gasteiger charge is -2.20. The van der Waals surface area contributed by atoms with Crippen LogP contribution in [0.15, 0.2) is 56.1 Å². The lowest BCUT2D eigenvalue weighted by atomic mass is 9.99. The molecule has 25 heavy (non-hydrogen) atoms. The fourth-order valence-corrected chi connectivity index (χ4v) is 2.65. The van der Waals surface area contributed by atoms with Crippen molar-refractivity contribution in [3.63, 3.8) is 0 Å². The first kappa shape index (κ1) is 17.4. The Hall–Kier alpha value is -2.41. The van der Waals surface area contributed by atoms with Crippen molar-refractivity contribution < 1.29 is 13.7 Å². The monoisotopic (exact) mass is 403 g/mol. The molecule has 0 aliphatic carbocycles. The second kappa shape index (κ2) is 7.65. The Labute approximate surface area is 153 Å². The van der Waals surface area contributed by atoms with E-state index < -0.39 is 0 Å². The maximum absolute atomic E-state index is 12.3. The molecular formula is C18H18BrN3O3. The molecule has 0 saturated heterocycles. The summed E-state index contributed by atoms with van der Waals surface area (Å²) in [7, 11) is 0. The van der Waals surface area contributed by atoms with Crippen molar-refractivity contribution in [2.75, 3.05) is 0 Å². The van der Waals surface area contributed by atoms with Crippen molar-refractivity contribution in [3.05, 3.63) is 58.8 Å². The zero-order valence-electron chi connectivity index (χ0n) is 13.9. The number of carbonyl (C=O) groups excluding carboxylic acids is 1. The summed E-state index contributed by atoms with van der Waals surface area (Å²) in [5.74, 6) is 0.937. The van der Waals surface area contributed by atoms with Gasteiger partial charge in [-0.3, -0.25) is 4.79 Å². The number of nitrogens with zero attached hydrogens (tertiary/aromatic N) is 2. The first-order valence-electron chi connectivity index (χ1n) is 8.02. The molecule has 0 bridgehead atoms. The van der Waals surface area contributed by atoms with Crippen molar-refractivity contribution in [2.45, 2.75) is 26.3 Å². The quantitative estimate of drug-likeness (QED) is 0.649. The number of halogens is 1. The van der Waals surface area contributed by atoms with Crippen LogP contribution in [0.25, 0.3) is 11.4 Å². The first-order valence-corrected chi connectivity index (χ1v) is 8.81. The van der Waals surface area contributed by atoms with Crippen molar-refractivity contribution in [1.82, 2.24) is 15.5 Å². The fourth-order valence-electron chi connectivity index (χ4n) is 2.38. The van der Waals surface area contributed by atoms with Crippen molar-refractivity contribution in [1.29, 1.82) is 0 Å². The summed E-state index contributed by atoms with van der Waals surface area (Å²) in [5, 5.41) is 6.97. The van der Waals surface area contributed by atoms with Crippen LogP contribution in [0.1, 0.15) is 42.8 Å². The Morgan fingerprint density at radius 1 is 1.28 bits per heavy atom. The van der Waals surface area contributed by atoms with Gasteiger partial charge < -0.3 is 14.3 Å². The number of aromatic nitrogens is 2. The smallest absolute Gasteiger partial charge is 0.287 e. The minimum Gasteiger partial charge on any atom is -0.459 e. The third-order valence-corrected chi connectivity index (χ3v) is 4.58. The molecule has 0 saturated carbocycles. The highest BCUT2D eigenvalue weighted by molar-refractivity contribution is 9.10. The normalized spacial score (nSPS) is 13.4. The standard InChI is InChI=1S/C18H18BrN3O3/c1-3-11(2)15(20-17(23)14-5-4-10-24-14)18-21-16(22-25-18)12-6-8-13(19)9-7-12/h4-11,15H,3H2,1-2H3,(H,20,23)/t11-,15+/m0/s1. The van der Waals surface area contributed by atoms with Gasteiger partial charge in [0.05, 0.1) is 6.26 Å². The molecule has 130 valence electrons. The number of nitrogens with one attached hydrogen (secondary N) is 1. The minimum absolute atomic E-state index is 0.122. The second-order valence-corrected chi connectivity index (χ2v) is 6.69. The first-order chi connectivity index (χ1) is 12.1. The third kappa shape index (κ3) is 3.99. The van der Waals surface area contributed by atoms with E-state index in [4.69, 9.17) is 8.94 Å². The Kier molecular flexibility index (Phi) is 5.33. The lowest BCUT2D eigenvalue weighted by Crippen LogP contribution is -2.32. The predicted octanol–water partition coefficient (Wildman–Crippen LogP) is 4.61. The molecule has 1 amide bonds. The van der Waals surface area contributed by atoms with Gasteiger partial charge in [-0.15, -0.1) is 0 Å². The van der Waals surface area contributed by atoms with Crippen LogP contribution in [-0.4, -0.2) is 16.0 Å². The van der Waals surface area contributed by atoms with Crippen LogP contribution < -0.4 is 5.32 Å². The molecule has 0 spiro atoms. The van der Waals surface area contributed by atoms with Gasteiger partial charge in [0.2, 0.25) is 11.7 Å². The highest BCUT2D eigenvalue weighted by Gasteiger charge is 2.27. The number of benzene rings is 1. The van der Waals surface area contributed by atoms with Crippen LogP contribution >= 0.6 is 15.9 Å². The number of hydrogen-bond donors (Lipinski definition) is 1. The maximum Gasteiger partial charge on any atom is 0.287 e. The molecule has 1 aromatic carbocycles. The van der Waals surface area contributed by atoms with Gasteiger partial charge in [0.15, 0.2) is 5.76 Å². The molecule has 0 fully saturated rings. The molecule has 7 heteroatoms. The van der Waals surface area contributed by atoms with Gasteiger partial charge in [-0.05, 0) is 42.3 Å². The topological polar surface area (TPSA) is 81.2 Å². The second-order valence-electron chi connectivity index (χ2n) is 5.78. The van der Waals surface area contributed by atoms with Gasteiger partial charge in [0, 0.05) is 10.0 Å². The van der Waals surface area contributed by atoms with Crippen LogP contribution in [0, 0.1) is 5.92 Å². The molecule has 2 aromatic heterocycles. The summed E-state index contributed by atoms with van der Waals surface area (Å²) < 4.78 is 11.6. The lowest BCUT2D eigenvalue weighted by molar-refractivity contribution is 0.0882. The number of carbonyl (C=O) groups is 1. The molecule has 0 radical (unpaired) electrons. The van der Waals surface area contributed by atoms with Gasteiger partial charge in [-0.25, -0.2) is 0 Å². The van der Waals surface area contributed by atoms with Gasteiger partial charge in [-0.2, -0.15) is 4.98 Å². The molecule has 0 aliphatic heterocycles. The summed E-state index contributed by atoms with van der Waals surface area (Å²) >= 11 is 3.40. The Bertz CT molecular complexity index is 828. The molecule has 3 aromatic rings. The Balaban J connectivity index is 1.84. The molecule has 0 unspecified atom stereocenters. The van der Waals surface area contributed by atoms with Crippen LogP contribution in [0.5, 0.6) is 0 Å². The predicted molar refractivity (Wildman–Crippen MR) is 95.8 cm³/mol. The van der Waals surface area contributed by atoms with E-state index in [2.05, 4.69) is 31.4 Å². The molecule has 2 heterocycles. The van der Waals surface area contributed by atoms with E-state index in [9.17, 15) is 4.79 Å². The highest BCUT2D eigenvalue weighted by atomic mass is 79.9. The van der Waals surface area contributed by atoms with Crippen LogP contribution in [0.2, 0.25) is 0 Å². The molecule has 0 aliphatic rings. The zero-order chi connectivity index (χ0) is 17.8. The fraction of sp³-hybridized carbons (Fsp3) is 0.278. The maximum atomic E-state index is 12.3. The number of furan rings is 1. The number of hydrogen-bond acceptors (Lipinski definition) is 5. The Morgan fingerprint density at radius 2 is 2.04 bits per heavy atom. The van der Waals surface area contributed by atoms with Crippen molar-refractivity contribution in [3.8, 4) is 11.4 Å². The largest absolute Gasteiger partial charge is 0.459 e. The number of amides is 1. The van der Waals surface area contributed by atoms with Gasteiger partial charge in [0.25, 0.3) is 5.91 Å². The van der Waals surface area contributed by atoms with E-state index >= 15 is 0 Å². The summed E-state index contributed by atoms with van der Waals surface area (Å²) in [6.07, 6.45) is 2.31. The van der Waals surface area contributed by atoms with Gasteiger partial charge >= 0.3 is 0 Å². The van der Waals surface area contributed by atoms with E-state index in [1.165, 1.54) is 6.26 Å². The molecule has 2 atom stereocenters. The molecule has 3 rings (SSSR count). The third-order valence-electron chi connectivity index (χ3n) is 4.05. The molecule has 6 nitrogen and oxygen atoms in total. The van der Waals surface area contributed by atoms with Gasteiger partial charge in [-0.1, -0.05) is 41.4 Å². The summed E-state index contributed by atoms with van der Waals surface area (Å²) in [6.45, 7) is 4.07. The van der Waals surface area contributed by atoms with Crippen molar-refractivity contribution in [2.24, 2.45) is 5.92 Å². The summed E-state index contributed by atoms with van der Waals surface area (Å²) in [4.78, 5) is 16.8. The van der Waals surface area contributed by atoms with Crippen LogP contribution in [-0.2, 0) is 0 Å². The Morgan fingerprint density at radius 3 is 2.68 bits per heavy atom. The van der Waals surface area contributed by atoms with E-state index in [0.29, 0.717) is 11.7 Å². The van der Waals surface area contributed by atoms with Crippen LogP contribution in [0.3, 0.4) is 0 Å². The van der Waals surface area contributed by atoms with E-state index in [1.54, 1.807) is 12.1 Å². The van der Waals surface area contributed by atoms with Crippen LogP contribution in [0.4, 0.5) is 0 Å². The van der Waals surface area contributed by atoms with E-state index in [1.807, 2.05) is 38.1 Å². The molecule has 1 N–H and O–H groups in total. The van der Waals surface area contributed by atoms with E-state index in [0.717, 1.165) is 16.5 Å². The minimum atomic E-state index is -0.390. The van der Waals surface area contributed by atoms with Gasteiger partial charge in [0.1, 0.15) is 6.04 Å². The molecular weight excluding hydrogens is 386 g/mol. The SMILES string of the molecule is CC[C@H](C)[C@@H](NC(=O)c1ccco1)c1nc(-c2ccc(Br)cc2)no1. The number of rotatable bonds is 6. The highest BCUT2D eigenvalue weighted by Crippen LogP contribution is 2.26.